The summed E-state index contributed by atoms with van der Waals surface area (Å²) in [6, 6.07) is -0.605. The van der Waals surface area contributed by atoms with Crippen molar-refractivity contribution in [3.63, 3.8) is 0 Å². The van der Waals surface area contributed by atoms with Crippen molar-refractivity contribution in [1.29, 1.82) is 0 Å². The third-order valence-corrected chi connectivity index (χ3v) is 9.91. The number of carbonyl (C=O) groups is 2. The molecule has 0 saturated carbocycles. The minimum Gasteiger partial charge on any atom is -0.411 e. The lowest BCUT2D eigenvalue weighted by molar-refractivity contribution is -0.147. The predicted octanol–water partition coefficient (Wildman–Crippen LogP) is 0.787. The Bertz CT molecular complexity index is 545. The third-order valence-electron chi connectivity index (χ3n) is 5.41. The van der Waals surface area contributed by atoms with Gasteiger partial charge in [-0.15, -0.1) is 0 Å². The van der Waals surface area contributed by atoms with E-state index in [4.69, 9.17) is 9.16 Å². The lowest BCUT2D eigenvalue weighted by atomic mass is 10.0. The summed E-state index contributed by atoms with van der Waals surface area (Å²) in [5, 5.41) is 21.9. The SMILES string of the molecule is CC1(O)CN([C@H]2C[C@H](O[Si](C)(C)C(C)(C)C)[C@@H](CO)O2)C(=O)NC1=O. The molecule has 1 unspecified atom stereocenters. The Morgan fingerprint density at radius 2 is 2.00 bits per heavy atom. The fourth-order valence-electron chi connectivity index (χ4n) is 2.75. The zero-order valence-corrected chi connectivity index (χ0v) is 16.8. The minimum absolute atomic E-state index is 0.00365. The Hall–Kier alpha value is -1.00. The molecular formula is C16H30N2O6Si. The highest BCUT2D eigenvalue weighted by Gasteiger charge is 2.49. The van der Waals surface area contributed by atoms with E-state index in [1.807, 2.05) is 0 Å². The molecule has 0 spiro atoms. The molecule has 144 valence electrons. The van der Waals surface area contributed by atoms with E-state index in [9.17, 15) is 19.8 Å². The Morgan fingerprint density at radius 3 is 2.52 bits per heavy atom. The molecule has 0 aliphatic carbocycles. The predicted molar refractivity (Wildman–Crippen MR) is 93.3 cm³/mol. The smallest absolute Gasteiger partial charge is 0.326 e. The summed E-state index contributed by atoms with van der Waals surface area (Å²) in [6.45, 7) is 11.6. The molecule has 8 nitrogen and oxygen atoms in total. The van der Waals surface area contributed by atoms with Crippen LogP contribution in [-0.4, -0.2) is 72.6 Å². The van der Waals surface area contributed by atoms with Crippen LogP contribution in [0.1, 0.15) is 34.1 Å². The lowest BCUT2D eigenvalue weighted by Gasteiger charge is -2.39. The largest absolute Gasteiger partial charge is 0.411 e. The van der Waals surface area contributed by atoms with Crippen molar-refractivity contribution in [3.8, 4) is 0 Å². The molecule has 3 amide bonds. The zero-order valence-electron chi connectivity index (χ0n) is 15.8. The van der Waals surface area contributed by atoms with Gasteiger partial charge in [-0.3, -0.25) is 15.0 Å². The van der Waals surface area contributed by atoms with Gasteiger partial charge in [0, 0.05) is 6.42 Å². The Morgan fingerprint density at radius 1 is 1.40 bits per heavy atom. The summed E-state index contributed by atoms with van der Waals surface area (Å²) < 4.78 is 12.2. The number of aliphatic hydroxyl groups is 2. The topological polar surface area (TPSA) is 108 Å². The fraction of sp³-hybridized carbons (Fsp3) is 0.875. The van der Waals surface area contributed by atoms with E-state index >= 15 is 0 Å². The van der Waals surface area contributed by atoms with E-state index in [1.165, 1.54) is 11.8 Å². The fourth-order valence-corrected chi connectivity index (χ4v) is 4.11. The molecule has 0 aromatic carbocycles. The van der Waals surface area contributed by atoms with Gasteiger partial charge < -0.3 is 19.4 Å². The molecule has 2 fully saturated rings. The van der Waals surface area contributed by atoms with Gasteiger partial charge in [0.25, 0.3) is 5.91 Å². The van der Waals surface area contributed by atoms with Crippen LogP contribution in [0.15, 0.2) is 0 Å². The van der Waals surface area contributed by atoms with Gasteiger partial charge in [0.1, 0.15) is 12.3 Å². The van der Waals surface area contributed by atoms with Gasteiger partial charge in [0.2, 0.25) is 0 Å². The van der Waals surface area contributed by atoms with Gasteiger partial charge in [-0.1, -0.05) is 20.8 Å². The number of hydrogen-bond donors (Lipinski definition) is 3. The van der Waals surface area contributed by atoms with Crippen molar-refractivity contribution in [2.75, 3.05) is 13.2 Å². The van der Waals surface area contributed by atoms with E-state index < -0.39 is 38.2 Å². The summed E-state index contributed by atoms with van der Waals surface area (Å²) in [5.41, 5.74) is -1.68. The molecule has 2 aliphatic rings. The number of rotatable bonds is 4. The monoisotopic (exact) mass is 374 g/mol. The summed E-state index contributed by atoms with van der Waals surface area (Å²) in [7, 11) is -2.08. The molecular weight excluding hydrogens is 344 g/mol. The molecule has 2 rings (SSSR count). The minimum atomic E-state index is -2.08. The summed E-state index contributed by atoms with van der Waals surface area (Å²) in [6.07, 6.45) is -1.16. The van der Waals surface area contributed by atoms with Crippen molar-refractivity contribution in [2.45, 2.75) is 76.3 Å². The summed E-state index contributed by atoms with van der Waals surface area (Å²) >= 11 is 0. The van der Waals surface area contributed by atoms with E-state index in [0.717, 1.165) is 0 Å². The molecule has 2 aliphatic heterocycles. The first-order chi connectivity index (χ1) is 11.3. The molecule has 3 N–H and O–H groups in total. The van der Waals surface area contributed by atoms with Crippen LogP contribution < -0.4 is 5.32 Å². The van der Waals surface area contributed by atoms with Gasteiger partial charge in [0.15, 0.2) is 13.9 Å². The number of imide groups is 1. The highest BCUT2D eigenvalue weighted by molar-refractivity contribution is 6.74. The normalized spacial score (nSPS) is 34.4. The van der Waals surface area contributed by atoms with Crippen molar-refractivity contribution < 1.29 is 29.0 Å². The number of aliphatic hydroxyl groups excluding tert-OH is 1. The number of ether oxygens (including phenoxy) is 1. The molecule has 0 aromatic heterocycles. The van der Waals surface area contributed by atoms with Crippen molar-refractivity contribution >= 4 is 20.3 Å². The molecule has 0 aromatic rings. The first-order valence-electron chi connectivity index (χ1n) is 8.57. The van der Waals surface area contributed by atoms with Gasteiger partial charge in [-0.05, 0) is 25.1 Å². The molecule has 0 bridgehead atoms. The molecule has 2 saturated heterocycles. The van der Waals surface area contributed by atoms with Crippen LogP contribution in [0.4, 0.5) is 4.79 Å². The van der Waals surface area contributed by atoms with Gasteiger partial charge in [-0.25, -0.2) is 4.79 Å². The quantitative estimate of drug-likeness (QED) is 0.628. The Balaban J connectivity index is 2.13. The average Bonchev–Trinajstić information content (AvgIpc) is 2.84. The van der Waals surface area contributed by atoms with Crippen LogP contribution in [-0.2, 0) is 14.0 Å². The lowest BCUT2D eigenvalue weighted by Crippen LogP contribution is -2.65. The standard InChI is InChI=1S/C16H30N2O6Si/c1-15(2,3)25(5,6)24-10-7-12(23-11(10)8-19)18-9-16(4,22)13(20)17-14(18)21/h10-12,19,22H,7-9H2,1-6H3,(H,17,20,21)/t10-,11+,12+,16?/m0/s1. The van der Waals surface area contributed by atoms with Crippen molar-refractivity contribution in [1.82, 2.24) is 10.2 Å². The Labute approximate surface area is 149 Å². The number of hydrogen-bond acceptors (Lipinski definition) is 6. The van der Waals surface area contributed by atoms with Crippen molar-refractivity contribution in [2.24, 2.45) is 0 Å². The highest BCUT2D eigenvalue weighted by atomic mass is 28.4. The second-order valence-corrected chi connectivity index (χ2v) is 13.4. The number of nitrogens with one attached hydrogen (secondary N) is 1. The summed E-state index contributed by atoms with van der Waals surface area (Å²) in [5.74, 6) is -0.723. The first kappa shape index (κ1) is 20.3. The van der Waals surface area contributed by atoms with Gasteiger partial charge >= 0.3 is 6.03 Å². The number of urea groups is 1. The molecule has 0 radical (unpaired) electrons. The second kappa shape index (κ2) is 6.62. The number of nitrogens with zero attached hydrogens (tertiary/aromatic N) is 1. The van der Waals surface area contributed by atoms with Crippen LogP contribution in [0.2, 0.25) is 18.1 Å². The van der Waals surface area contributed by atoms with E-state index in [0.29, 0.717) is 6.42 Å². The third kappa shape index (κ3) is 4.06. The summed E-state index contributed by atoms with van der Waals surface area (Å²) in [4.78, 5) is 25.1. The molecule has 25 heavy (non-hydrogen) atoms. The van der Waals surface area contributed by atoms with Crippen LogP contribution in [0.5, 0.6) is 0 Å². The Kier molecular flexibility index (Phi) is 5.38. The molecule has 9 heteroatoms. The number of carbonyl (C=O) groups excluding carboxylic acids is 2. The average molecular weight is 375 g/mol. The second-order valence-electron chi connectivity index (χ2n) is 8.63. The van der Waals surface area contributed by atoms with Gasteiger partial charge in [0.05, 0.1) is 19.3 Å². The molecule has 4 atom stereocenters. The molecule has 2 heterocycles. The van der Waals surface area contributed by atoms with Crippen molar-refractivity contribution in [3.05, 3.63) is 0 Å². The van der Waals surface area contributed by atoms with Crippen LogP contribution >= 0.6 is 0 Å². The maximum Gasteiger partial charge on any atom is 0.326 e. The van der Waals surface area contributed by atoms with Crippen LogP contribution in [0, 0.1) is 0 Å². The van der Waals surface area contributed by atoms with Gasteiger partial charge in [-0.2, -0.15) is 0 Å². The van der Waals surface area contributed by atoms with E-state index in [-0.39, 0.29) is 24.3 Å². The van der Waals surface area contributed by atoms with E-state index in [2.05, 4.69) is 39.2 Å². The number of β-amino-alcohol motifs (C(OH)–C–C–N with tert-alkyl or cyclic N) is 1. The maximum atomic E-state index is 12.1. The first-order valence-corrected chi connectivity index (χ1v) is 11.5. The zero-order chi connectivity index (χ0) is 19.2. The van der Waals surface area contributed by atoms with Crippen LogP contribution in [0.25, 0.3) is 0 Å². The van der Waals surface area contributed by atoms with E-state index in [1.54, 1.807) is 0 Å². The number of amides is 3. The highest BCUT2D eigenvalue weighted by Crippen LogP contribution is 2.40. The van der Waals surface area contributed by atoms with Crippen LogP contribution in [0.3, 0.4) is 0 Å². The maximum absolute atomic E-state index is 12.1.